The van der Waals surface area contributed by atoms with Gasteiger partial charge in [-0.1, -0.05) is 5.21 Å². The van der Waals surface area contributed by atoms with Gasteiger partial charge in [0.05, 0.1) is 17.9 Å². The van der Waals surface area contributed by atoms with Gasteiger partial charge >= 0.3 is 0 Å². The van der Waals surface area contributed by atoms with E-state index >= 15 is 0 Å². The lowest BCUT2D eigenvalue weighted by molar-refractivity contribution is 0.650. The molecule has 2 aromatic heterocycles. The van der Waals surface area contributed by atoms with Crippen LogP contribution in [0.5, 0.6) is 0 Å². The minimum absolute atomic E-state index is 0.255. The van der Waals surface area contributed by atoms with Gasteiger partial charge in [-0.3, -0.25) is 9.67 Å². The summed E-state index contributed by atoms with van der Waals surface area (Å²) in [6, 6.07) is 1.68. The molecule has 0 fully saturated rings. The summed E-state index contributed by atoms with van der Waals surface area (Å²) < 4.78 is 2.57. The highest BCUT2D eigenvalue weighted by Gasteiger charge is 2.13. The summed E-state index contributed by atoms with van der Waals surface area (Å²) >= 11 is 3.36. The van der Waals surface area contributed by atoms with Crippen LogP contribution in [0.1, 0.15) is 17.3 Å². The SMILES string of the molecule is Cn1nncc1C(N)c1cncc(Br)c1. The Kier molecular flexibility index (Phi) is 2.79. The van der Waals surface area contributed by atoms with Crippen LogP contribution in [-0.2, 0) is 7.05 Å². The van der Waals surface area contributed by atoms with Crippen LogP contribution in [0.25, 0.3) is 0 Å². The summed E-state index contributed by atoms with van der Waals surface area (Å²) in [5.74, 6) is 0. The Morgan fingerprint density at radius 2 is 2.20 bits per heavy atom. The van der Waals surface area contributed by atoms with E-state index in [0.717, 1.165) is 15.7 Å². The number of aromatic nitrogens is 4. The van der Waals surface area contributed by atoms with Gasteiger partial charge in [0, 0.05) is 23.9 Å². The fraction of sp³-hybridized carbons (Fsp3) is 0.222. The Labute approximate surface area is 95.4 Å². The van der Waals surface area contributed by atoms with E-state index < -0.39 is 0 Å². The Bertz CT molecular complexity index is 467. The maximum Gasteiger partial charge on any atom is 0.0797 e. The van der Waals surface area contributed by atoms with Gasteiger partial charge in [-0.15, -0.1) is 5.10 Å². The Balaban J connectivity index is 2.36. The molecule has 0 radical (unpaired) electrons. The van der Waals surface area contributed by atoms with Crippen molar-refractivity contribution in [2.45, 2.75) is 6.04 Å². The van der Waals surface area contributed by atoms with Gasteiger partial charge in [0.25, 0.3) is 0 Å². The third-order valence-corrected chi connectivity index (χ3v) is 2.59. The average Bonchev–Trinajstić information content (AvgIpc) is 2.63. The largest absolute Gasteiger partial charge is 0.319 e. The zero-order valence-electron chi connectivity index (χ0n) is 8.13. The molecule has 78 valence electrons. The molecule has 0 amide bonds. The maximum atomic E-state index is 6.07. The first kappa shape index (κ1) is 10.3. The van der Waals surface area contributed by atoms with Crippen LogP contribution in [-0.4, -0.2) is 20.0 Å². The van der Waals surface area contributed by atoms with E-state index in [0.29, 0.717) is 0 Å². The number of nitrogens with two attached hydrogens (primary N) is 1. The van der Waals surface area contributed by atoms with Crippen molar-refractivity contribution in [2.75, 3.05) is 0 Å². The number of rotatable bonds is 2. The molecule has 2 aromatic rings. The standard InChI is InChI=1S/C9H10BrN5/c1-15-8(5-13-14-15)9(11)6-2-7(10)4-12-3-6/h2-5,9H,11H2,1H3. The predicted molar refractivity (Wildman–Crippen MR) is 59.0 cm³/mol. The highest BCUT2D eigenvalue weighted by molar-refractivity contribution is 9.10. The molecule has 5 nitrogen and oxygen atoms in total. The van der Waals surface area contributed by atoms with Crippen LogP contribution in [0.2, 0.25) is 0 Å². The van der Waals surface area contributed by atoms with Crippen LogP contribution in [0.3, 0.4) is 0 Å². The van der Waals surface area contributed by atoms with Gasteiger partial charge in [0.2, 0.25) is 0 Å². The van der Waals surface area contributed by atoms with Gasteiger partial charge in [0.1, 0.15) is 0 Å². The van der Waals surface area contributed by atoms with Crippen LogP contribution in [0.15, 0.2) is 29.1 Å². The second-order valence-corrected chi connectivity index (χ2v) is 4.11. The van der Waals surface area contributed by atoms with Crippen molar-refractivity contribution in [3.05, 3.63) is 40.4 Å². The molecule has 0 aromatic carbocycles. The lowest BCUT2D eigenvalue weighted by Gasteiger charge is -2.11. The number of pyridine rings is 1. The van der Waals surface area contributed by atoms with E-state index in [-0.39, 0.29) is 6.04 Å². The molecule has 0 aliphatic carbocycles. The zero-order chi connectivity index (χ0) is 10.8. The number of hydrogen-bond donors (Lipinski definition) is 1. The normalized spacial score (nSPS) is 12.7. The summed E-state index contributed by atoms with van der Waals surface area (Å²) in [6.07, 6.45) is 5.12. The molecule has 0 saturated heterocycles. The Morgan fingerprint density at radius 1 is 1.40 bits per heavy atom. The van der Waals surface area contributed by atoms with Crippen molar-refractivity contribution in [1.29, 1.82) is 0 Å². The van der Waals surface area contributed by atoms with Crippen molar-refractivity contribution in [2.24, 2.45) is 12.8 Å². The molecule has 1 unspecified atom stereocenters. The number of hydrogen-bond acceptors (Lipinski definition) is 4. The van der Waals surface area contributed by atoms with E-state index in [9.17, 15) is 0 Å². The van der Waals surface area contributed by atoms with Crippen LogP contribution < -0.4 is 5.73 Å². The van der Waals surface area contributed by atoms with Crippen molar-refractivity contribution < 1.29 is 0 Å². The highest BCUT2D eigenvalue weighted by Crippen LogP contribution is 2.19. The maximum absolute atomic E-state index is 6.07. The summed E-state index contributed by atoms with van der Waals surface area (Å²) in [4.78, 5) is 4.07. The van der Waals surface area contributed by atoms with Crippen LogP contribution in [0, 0.1) is 0 Å². The van der Waals surface area contributed by atoms with Crippen LogP contribution in [0.4, 0.5) is 0 Å². The predicted octanol–water partition coefficient (Wildman–Crippen LogP) is 1.02. The second kappa shape index (κ2) is 4.08. The second-order valence-electron chi connectivity index (χ2n) is 3.20. The summed E-state index contributed by atoms with van der Waals surface area (Å²) in [5.41, 5.74) is 7.85. The number of halogens is 1. The van der Waals surface area contributed by atoms with E-state index in [4.69, 9.17) is 5.73 Å². The molecular weight excluding hydrogens is 258 g/mol. The van der Waals surface area contributed by atoms with Gasteiger partial charge in [-0.2, -0.15) is 0 Å². The first-order valence-corrected chi connectivity index (χ1v) is 5.18. The molecule has 0 spiro atoms. The summed E-state index contributed by atoms with van der Waals surface area (Å²) in [5, 5.41) is 7.63. The molecule has 0 aliphatic rings. The van der Waals surface area contributed by atoms with Gasteiger partial charge in [-0.25, -0.2) is 0 Å². The molecule has 1 atom stereocenters. The van der Waals surface area contributed by atoms with E-state index in [1.807, 2.05) is 13.1 Å². The summed E-state index contributed by atoms with van der Waals surface area (Å²) in [7, 11) is 1.81. The first-order valence-electron chi connectivity index (χ1n) is 4.39. The molecule has 0 bridgehead atoms. The van der Waals surface area contributed by atoms with Crippen molar-refractivity contribution in [3.63, 3.8) is 0 Å². The van der Waals surface area contributed by atoms with Crippen LogP contribution >= 0.6 is 15.9 Å². The van der Waals surface area contributed by atoms with Crippen molar-refractivity contribution in [1.82, 2.24) is 20.0 Å². The minimum atomic E-state index is -0.255. The van der Waals surface area contributed by atoms with Crippen molar-refractivity contribution in [3.8, 4) is 0 Å². The van der Waals surface area contributed by atoms with Gasteiger partial charge in [0.15, 0.2) is 0 Å². The molecule has 2 N–H and O–H groups in total. The highest BCUT2D eigenvalue weighted by atomic mass is 79.9. The zero-order valence-corrected chi connectivity index (χ0v) is 9.72. The molecule has 6 heteroatoms. The Hall–Kier alpha value is -1.27. The van der Waals surface area contributed by atoms with E-state index in [2.05, 4.69) is 31.2 Å². The fourth-order valence-electron chi connectivity index (χ4n) is 1.35. The number of nitrogens with zero attached hydrogens (tertiary/aromatic N) is 4. The van der Waals surface area contributed by atoms with Gasteiger partial charge in [-0.05, 0) is 27.6 Å². The lowest BCUT2D eigenvalue weighted by Crippen LogP contribution is -2.16. The quantitative estimate of drug-likeness (QED) is 0.882. The van der Waals surface area contributed by atoms with E-state index in [1.54, 1.807) is 23.3 Å². The third kappa shape index (κ3) is 2.05. The lowest BCUT2D eigenvalue weighted by atomic mass is 10.1. The topological polar surface area (TPSA) is 69.6 Å². The van der Waals surface area contributed by atoms with Crippen molar-refractivity contribution >= 4 is 15.9 Å². The third-order valence-electron chi connectivity index (χ3n) is 2.15. The minimum Gasteiger partial charge on any atom is -0.319 e. The molecular formula is C9H10BrN5. The summed E-state index contributed by atoms with van der Waals surface area (Å²) in [6.45, 7) is 0. The first-order chi connectivity index (χ1) is 7.18. The molecule has 2 heterocycles. The smallest absolute Gasteiger partial charge is 0.0797 e. The molecule has 0 aliphatic heterocycles. The fourth-order valence-corrected chi connectivity index (χ4v) is 1.73. The molecule has 2 rings (SSSR count). The Morgan fingerprint density at radius 3 is 2.80 bits per heavy atom. The van der Waals surface area contributed by atoms with E-state index in [1.165, 1.54) is 0 Å². The van der Waals surface area contributed by atoms with Gasteiger partial charge < -0.3 is 5.73 Å². The molecule has 15 heavy (non-hydrogen) atoms. The number of aryl methyl sites for hydroxylation is 1. The average molecular weight is 268 g/mol. The molecule has 0 saturated carbocycles. The monoisotopic (exact) mass is 267 g/mol.